The van der Waals surface area contributed by atoms with Gasteiger partial charge >= 0.3 is 0 Å². The summed E-state index contributed by atoms with van der Waals surface area (Å²) >= 11 is 0. The van der Waals surface area contributed by atoms with E-state index in [0.717, 1.165) is 31.6 Å². The van der Waals surface area contributed by atoms with Crippen LogP contribution in [0, 0.1) is 0 Å². The van der Waals surface area contributed by atoms with E-state index in [1.54, 1.807) is 0 Å². The molecule has 1 aliphatic heterocycles. The first-order valence-electron chi connectivity index (χ1n) is 4.75. The van der Waals surface area contributed by atoms with Crippen LogP contribution in [0.4, 0.5) is 0 Å². The van der Waals surface area contributed by atoms with Gasteiger partial charge in [0.2, 0.25) is 0 Å². The van der Waals surface area contributed by atoms with Gasteiger partial charge in [0.1, 0.15) is 0 Å². The molecule has 4 nitrogen and oxygen atoms in total. The Hall–Kier alpha value is -0.870. The first-order valence-corrected chi connectivity index (χ1v) is 4.75. The molecule has 0 saturated carbocycles. The number of hydrogen-bond donors (Lipinski definition) is 2. The standard InChI is InChI=1S/C9H16N4/c1-13-4-2-7-8(3-5-13)11-12-9(7)6-10/h2-6,10H2,1H3,(H,11,12). The summed E-state index contributed by atoms with van der Waals surface area (Å²) in [6, 6.07) is 0. The molecular formula is C9H16N4. The molecule has 0 radical (unpaired) electrons. The molecule has 13 heavy (non-hydrogen) atoms. The van der Waals surface area contributed by atoms with Crippen LogP contribution in [0.15, 0.2) is 0 Å². The van der Waals surface area contributed by atoms with Crippen molar-refractivity contribution in [2.75, 3.05) is 20.1 Å². The fraction of sp³-hybridized carbons (Fsp3) is 0.667. The van der Waals surface area contributed by atoms with Crippen molar-refractivity contribution in [1.82, 2.24) is 15.1 Å². The summed E-state index contributed by atoms with van der Waals surface area (Å²) in [5.74, 6) is 0. The molecular weight excluding hydrogens is 164 g/mol. The van der Waals surface area contributed by atoms with Crippen LogP contribution in [0.3, 0.4) is 0 Å². The molecule has 0 unspecified atom stereocenters. The second-order valence-corrected chi connectivity index (χ2v) is 3.63. The quantitative estimate of drug-likeness (QED) is 0.634. The summed E-state index contributed by atoms with van der Waals surface area (Å²) in [6.45, 7) is 2.77. The number of nitrogens with two attached hydrogens (primary N) is 1. The lowest BCUT2D eigenvalue weighted by molar-refractivity contribution is 0.351. The summed E-state index contributed by atoms with van der Waals surface area (Å²) in [7, 11) is 2.15. The second kappa shape index (κ2) is 3.47. The molecule has 3 N–H and O–H groups in total. The molecule has 0 bridgehead atoms. The SMILES string of the molecule is CN1CCc2[nH]nc(CN)c2CC1. The first-order chi connectivity index (χ1) is 6.31. The number of aromatic amines is 1. The van der Waals surface area contributed by atoms with Gasteiger partial charge in [-0.25, -0.2) is 0 Å². The molecule has 0 aliphatic carbocycles. The van der Waals surface area contributed by atoms with E-state index < -0.39 is 0 Å². The van der Waals surface area contributed by atoms with Gasteiger partial charge in [-0.3, -0.25) is 5.10 Å². The van der Waals surface area contributed by atoms with E-state index in [-0.39, 0.29) is 0 Å². The van der Waals surface area contributed by atoms with E-state index in [1.165, 1.54) is 11.3 Å². The van der Waals surface area contributed by atoms with Crippen LogP contribution >= 0.6 is 0 Å². The van der Waals surface area contributed by atoms with Crippen LogP contribution in [0.5, 0.6) is 0 Å². The number of nitrogens with zero attached hydrogens (tertiary/aromatic N) is 2. The molecule has 0 spiro atoms. The number of rotatable bonds is 1. The lowest BCUT2D eigenvalue weighted by atomic mass is 10.1. The fourth-order valence-electron chi connectivity index (χ4n) is 1.83. The predicted molar refractivity (Wildman–Crippen MR) is 51.4 cm³/mol. The van der Waals surface area contributed by atoms with Gasteiger partial charge < -0.3 is 10.6 Å². The fourth-order valence-corrected chi connectivity index (χ4v) is 1.83. The van der Waals surface area contributed by atoms with Gasteiger partial charge in [-0.15, -0.1) is 0 Å². The number of H-pyrrole nitrogens is 1. The van der Waals surface area contributed by atoms with Crippen LogP contribution in [0.25, 0.3) is 0 Å². The molecule has 1 aromatic rings. The minimum Gasteiger partial charge on any atom is -0.325 e. The maximum Gasteiger partial charge on any atom is 0.0793 e. The number of fused-ring (bicyclic) bond motifs is 1. The average molecular weight is 180 g/mol. The Labute approximate surface area is 78.1 Å². The Morgan fingerprint density at radius 1 is 1.46 bits per heavy atom. The van der Waals surface area contributed by atoms with Gasteiger partial charge in [0.05, 0.1) is 5.69 Å². The van der Waals surface area contributed by atoms with Crippen LogP contribution in [0.1, 0.15) is 17.0 Å². The third-order valence-corrected chi connectivity index (χ3v) is 2.72. The molecule has 0 amide bonds. The van der Waals surface area contributed by atoms with E-state index in [4.69, 9.17) is 5.73 Å². The Kier molecular flexibility index (Phi) is 2.33. The Morgan fingerprint density at radius 3 is 3.00 bits per heavy atom. The first kappa shape index (κ1) is 8.72. The summed E-state index contributed by atoms with van der Waals surface area (Å²) in [6.07, 6.45) is 2.15. The maximum absolute atomic E-state index is 5.61. The van der Waals surface area contributed by atoms with E-state index in [0.29, 0.717) is 6.54 Å². The topological polar surface area (TPSA) is 57.9 Å². The van der Waals surface area contributed by atoms with Crippen molar-refractivity contribution in [3.63, 3.8) is 0 Å². The van der Waals surface area contributed by atoms with Crippen LogP contribution in [-0.2, 0) is 19.4 Å². The van der Waals surface area contributed by atoms with Crippen molar-refractivity contribution >= 4 is 0 Å². The highest BCUT2D eigenvalue weighted by Crippen LogP contribution is 2.16. The summed E-state index contributed by atoms with van der Waals surface area (Å²) < 4.78 is 0. The third kappa shape index (κ3) is 1.59. The van der Waals surface area contributed by atoms with Crippen LogP contribution < -0.4 is 5.73 Å². The van der Waals surface area contributed by atoms with E-state index in [2.05, 4.69) is 22.1 Å². The lowest BCUT2D eigenvalue weighted by Crippen LogP contribution is -2.21. The summed E-state index contributed by atoms with van der Waals surface area (Å²) in [4.78, 5) is 2.34. The molecule has 2 heterocycles. The van der Waals surface area contributed by atoms with Crippen LogP contribution in [0.2, 0.25) is 0 Å². The van der Waals surface area contributed by atoms with E-state index in [9.17, 15) is 0 Å². The zero-order valence-corrected chi connectivity index (χ0v) is 8.01. The van der Waals surface area contributed by atoms with Gasteiger partial charge in [-0.1, -0.05) is 0 Å². The predicted octanol–water partition coefficient (Wildman–Crippen LogP) is -0.101. The monoisotopic (exact) mass is 180 g/mol. The zero-order chi connectivity index (χ0) is 9.26. The molecule has 2 rings (SSSR count). The number of likely N-dealkylation sites (N-methyl/N-ethyl adjacent to an activating group) is 1. The van der Waals surface area contributed by atoms with Gasteiger partial charge in [0.15, 0.2) is 0 Å². The second-order valence-electron chi connectivity index (χ2n) is 3.63. The van der Waals surface area contributed by atoms with Crippen LogP contribution in [-0.4, -0.2) is 35.2 Å². The highest BCUT2D eigenvalue weighted by Gasteiger charge is 2.16. The van der Waals surface area contributed by atoms with Crippen molar-refractivity contribution in [3.8, 4) is 0 Å². The van der Waals surface area contributed by atoms with Crippen molar-refractivity contribution in [2.45, 2.75) is 19.4 Å². The third-order valence-electron chi connectivity index (χ3n) is 2.72. The largest absolute Gasteiger partial charge is 0.325 e. The molecule has 0 fully saturated rings. The van der Waals surface area contributed by atoms with E-state index in [1.807, 2.05) is 0 Å². The Bertz CT molecular complexity index is 292. The molecule has 0 atom stereocenters. The molecule has 0 aromatic carbocycles. The minimum atomic E-state index is 0.551. The highest BCUT2D eigenvalue weighted by molar-refractivity contribution is 5.26. The number of nitrogens with one attached hydrogen (secondary N) is 1. The van der Waals surface area contributed by atoms with Gasteiger partial charge in [0.25, 0.3) is 0 Å². The number of aromatic nitrogens is 2. The van der Waals surface area contributed by atoms with Gasteiger partial charge in [-0.2, -0.15) is 5.10 Å². The molecule has 72 valence electrons. The van der Waals surface area contributed by atoms with Gasteiger partial charge in [0, 0.05) is 31.7 Å². The minimum absolute atomic E-state index is 0.551. The van der Waals surface area contributed by atoms with Crippen molar-refractivity contribution in [2.24, 2.45) is 5.73 Å². The lowest BCUT2D eigenvalue weighted by Gasteiger charge is -2.11. The normalized spacial score (nSPS) is 18.3. The van der Waals surface area contributed by atoms with Crippen molar-refractivity contribution in [3.05, 3.63) is 17.0 Å². The summed E-state index contributed by atoms with van der Waals surface area (Å²) in [5, 5.41) is 7.30. The van der Waals surface area contributed by atoms with E-state index >= 15 is 0 Å². The average Bonchev–Trinajstić information content (AvgIpc) is 2.45. The van der Waals surface area contributed by atoms with Gasteiger partial charge in [-0.05, 0) is 19.0 Å². The number of hydrogen-bond acceptors (Lipinski definition) is 3. The molecule has 0 saturated heterocycles. The van der Waals surface area contributed by atoms with Crippen molar-refractivity contribution < 1.29 is 0 Å². The molecule has 1 aromatic heterocycles. The Balaban J connectivity index is 2.26. The molecule has 4 heteroatoms. The molecule has 1 aliphatic rings. The smallest absolute Gasteiger partial charge is 0.0793 e. The zero-order valence-electron chi connectivity index (χ0n) is 8.01. The maximum atomic E-state index is 5.61. The van der Waals surface area contributed by atoms with Crippen molar-refractivity contribution in [1.29, 1.82) is 0 Å². The summed E-state index contributed by atoms with van der Waals surface area (Å²) in [5.41, 5.74) is 9.29. The highest BCUT2D eigenvalue weighted by atomic mass is 15.1. The Morgan fingerprint density at radius 2 is 2.23 bits per heavy atom.